The lowest BCUT2D eigenvalue weighted by molar-refractivity contribution is -0.137. The first kappa shape index (κ1) is 13.8. The topological polar surface area (TPSA) is 25.2 Å². The molecule has 1 aromatic heterocycles. The van der Waals surface area contributed by atoms with E-state index >= 15 is 0 Å². The highest BCUT2D eigenvalue weighted by Gasteiger charge is 2.34. The third kappa shape index (κ3) is 3.23. The van der Waals surface area contributed by atoms with Gasteiger partial charge in [0, 0.05) is 0 Å². The lowest BCUT2D eigenvalue weighted by Crippen LogP contribution is -2.11. The molecule has 0 unspecified atom stereocenters. The van der Waals surface area contributed by atoms with Crippen LogP contribution in [0.1, 0.15) is 17.1 Å². The second kappa shape index (κ2) is 5.17. The molecule has 1 aromatic carbocycles. The van der Waals surface area contributed by atoms with Gasteiger partial charge in [-0.25, -0.2) is 0 Å². The number of nitrogens with one attached hydrogen (secondary N) is 1. The average molecular weight is 290 g/mol. The van der Waals surface area contributed by atoms with E-state index in [4.69, 9.17) is 16.0 Å². The van der Waals surface area contributed by atoms with E-state index in [0.717, 1.165) is 6.07 Å². The van der Waals surface area contributed by atoms with E-state index in [0.29, 0.717) is 11.5 Å². The molecule has 2 nitrogen and oxygen atoms in total. The van der Waals surface area contributed by atoms with Crippen LogP contribution in [0.2, 0.25) is 5.02 Å². The minimum Gasteiger partial charge on any atom is -0.465 e. The molecule has 6 heteroatoms. The standard InChI is InChI=1S/C13H11ClF3NO/c1-8-5-6-9(19-8)7-18-12-10(13(15,16)17)3-2-4-11(12)14/h2-6,18H,7H2,1H3. The smallest absolute Gasteiger partial charge is 0.418 e. The summed E-state index contributed by atoms with van der Waals surface area (Å²) in [6.45, 7) is 1.90. The summed E-state index contributed by atoms with van der Waals surface area (Å²) >= 11 is 5.81. The maximum atomic E-state index is 12.8. The zero-order chi connectivity index (χ0) is 14.0. The summed E-state index contributed by atoms with van der Waals surface area (Å²) in [7, 11) is 0. The first-order valence-corrected chi connectivity index (χ1v) is 5.90. The van der Waals surface area contributed by atoms with Gasteiger partial charge in [-0.05, 0) is 31.2 Å². The summed E-state index contributed by atoms with van der Waals surface area (Å²) < 4.78 is 43.8. The van der Waals surface area contributed by atoms with Gasteiger partial charge in [-0.15, -0.1) is 0 Å². The summed E-state index contributed by atoms with van der Waals surface area (Å²) in [5, 5.41) is 2.70. The number of hydrogen-bond donors (Lipinski definition) is 1. The first-order chi connectivity index (χ1) is 8.88. The van der Waals surface area contributed by atoms with Crippen LogP contribution in [0.15, 0.2) is 34.7 Å². The van der Waals surface area contributed by atoms with Crippen LogP contribution in [0, 0.1) is 6.92 Å². The molecule has 0 spiro atoms. The monoisotopic (exact) mass is 289 g/mol. The number of para-hydroxylation sites is 1. The minimum atomic E-state index is -4.45. The molecule has 19 heavy (non-hydrogen) atoms. The van der Waals surface area contributed by atoms with Crippen LogP contribution in [-0.2, 0) is 12.7 Å². The SMILES string of the molecule is Cc1ccc(CNc2c(Cl)cccc2C(F)(F)F)o1. The summed E-state index contributed by atoms with van der Waals surface area (Å²) in [6.07, 6.45) is -4.45. The largest absolute Gasteiger partial charge is 0.465 e. The molecule has 0 amide bonds. The Labute approximate surface area is 113 Å². The van der Waals surface area contributed by atoms with E-state index < -0.39 is 11.7 Å². The number of aryl methyl sites for hydroxylation is 1. The van der Waals surface area contributed by atoms with Crippen molar-refractivity contribution >= 4 is 17.3 Å². The molecule has 0 fully saturated rings. The Hall–Kier alpha value is -1.62. The van der Waals surface area contributed by atoms with Crippen molar-refractivity contribution in [1.29, 1.82) is 0 Å². The van der Waals surface area contributed by atoms with Crippen LogP contribution < -0.4 is 5.32 Å². The summed E-state index contributed by atoms with van der Waals surface area (Å²) in [5.41, 5.74) is -0.922. The van der Waals surface area contributed by atoms with E-state index in [2.05, 4.69) is 5.32 Å². The highest BCUT2D eigenvalue weighted by atomic mass is 35.5. The molecule has 0 aliphatic heterocycles. The van der Waals surface area contributed by atoms with Crippen molar-refractivity contribution in [2.24, 2.45) is 0 Å². The summed E-state index contributed by atoms with van der Waals surface area (Å²) in [6, 6.07) is 7.11. The number of furan rings is 1. The highest BCUT2D eigenvalue weighted by Crippen LogP contribution is 2.38. The molecular weight excluding hydrogens is 279 g/mol. The zero-order valence-corrected chi connectivity index (χ0v) is 10.8. The first-order valence-electron chi connectivity index (χ1n) is 5.53. The molecule has 2 rings (SSSR count). The van der Waals surface area contributed by atoms with E-state index in [1.807, 2.05) is 0 Å². The molecule has 0 radical (unpaired) electrons. The number of halogens is 4. The van der Waals surface area contributed by atoms with Crippen molar-refractivity contribution in [3.8, 4) is 0 Å². The number of rotatable bonds is 3. The normalized spacial score (nSPS) is 11.6. The van der Waals surface area contributed by atoms with Gasteiger partial charge in [0.05, 0.1) is 22.8 Å². The summed E-state index contributed by atoms with van der Waals surface area (Å²) in [4.78, 5) is 0. The maximum Gasteiger partial charge on any atom is 0.418 e. The molecule has 0 saturated carbocycles. The van der Waals surface area contributed by atoms with E-state index in [-0.39, 0.29) is 17.3 Å². The third-order valence-corrected chi connectivity index (χ3v) is 2.87. The van der Waals surface area contributed by atoms with Gasteiger partial charge in [-0.1, -0.05) is 17.7 Å². The molecule has 2 aromatic rings. The Kier molecular flexibility index (Phi) is 3.75. The fraction of sp³-hybridized carbons (Fsp3) is 0.231. The molecule has 1 N–H and O–H groups in total. The molecule has 1 heterocycles. The zero-order valence-electron chi connectivity index (χ0n) is 10.0. The van der Waals surface area contributed by atoms with Crippen LogP contribution in [-0.4, -0.2) is 0 Å². The minimum absolute atomic E-state index is 0.0260. The highest BCUT2D eigenvalue weighted by molar-refractivity contribution is 6.33. The van der Waals surface area contributed by atoms with Gasteiger partial charge >= 0.3 is 6.18 Å². The second-order valence-corrected chi connectivity index (χ2v) is 4.43. The van der Waals surface area contributed by atoms with Gasteiger partial charge in [0.15, 0.2) is 0 Å². The molecular formula is C13H11ClF3NO. The molecule has 102 valence electrons. The van der Waals surface area contributed by atoms with Crippen LogP contribution in [0.25, 0.3) is 0 Å². The van der Waals surface area contributed by atoms with E-state index in [1.165, 1.54) is 12.1 Å². The number of benzene rings is 1. The van der Waals surface area contributed by atoms with Gasteiger partial charge in [-0.3, -0.25) is 0 Å². The van der Waals surface area contributed by atoms with Gasteiger partial charge in [0.25, 0.3) is 0 Å². The van der Waals surface area contributed by atoms with E-state index in [9.17, 15) is 13.2 Å². The average Bonchev–Trinajstić information content (AvgIpc) is 2.72. The fourth-order valence-corrected chi connectivity index (χ4v) is 1.94. The number of alkyl halides is 3. The van der Waals surface area contributed by atoms with Crippen molar-refractivity contribution in [2.45, 2.75) is 19.6 Å². The third-order valence-electron chi connectivity index (χ3n) is 2.55. The van der Waals surface area contributed by atoms with Gasteiger partial charge in [0.1, 0.15) is 11.5 Å². The quantitative estimate of drug-likeness (QED) is 0.872. The Morgan fingerprint density at radius 2 is 1.95 bits per heavy atom. The van der Waals surface area contributed by atoms with Crippen molar-refractivity contribution in [2.75, 3.05) is 5.32 Å². The van der Waals surface area contributed by atoms with Gasteiger partial charge in [-0.2, -0.15) is 13.2 Å². The van der Waals surface area contributed by atoms with Crippen LogP contribution in [0.3, 0.4) is 0 Å². The molecule has 0 aliphatic carbocycles. The summed E-state index contributed by atoms with van der Waals surface area (Å²) in [5.74, 6) is 1.25. The Bertz CT molecular complexity index is 578. The molecule has 0 saturated heterocycles. The number of hydrogen-bond acceptors (Lipinski definition) is 2. The van der Waals surface area contributed by atoms with Crippen molar-refractivity contribution in [3.63, 3.8) is 0 Å². The van der Waals surface area contributed by atoms with Crippen LogP contribution >= 0.6 is 11.6 Å². The second-order valence-electron chi connectivity index (χ2n) is 4.03. The Morgan fingerprint density at radius 1 is 1.21 bits per heavy atom. The lowest BCUT2D eigenvalue weighted by atomic mass is 10.1. The predicted molar refractivity (Wildman–Crippen MR) is 67.2 cm³/mol. The van der Waals surface area contributed by atoms with Crippen molar-refractivity contribution in [3.05, 3.63) is 52.4 Å². The lowest BCUT2D eigenvalue weighted by Gasteiger charge is -2.15. The Morgan fingerprint density at radius 3 is 2.53 bits per heavy atom. The predicted octanol–water partition coefficient (Wildman–Crippen LogP) is 4.87. The number of anilines is 1. The molecule has 0 aliphatic rings. The fourth-order valence-electron chi connectivity index (χ4n) is 1.70. The van der Waals surface area contributed by atoms with Crippen molar-refractivity contribution < 1.29 is 17.6 Å². The molecule has 0 bridgehead atoms. The van der Waals surface area contributed by atoms with Crippen LogP contribution in [0.4, 0.5) is 18.9 Å². The maximum absolute atomic E-state index is 12.8. The Balaban J connectivity index is 2.24. The molecule has 0 atom stereocenters. The van der Waals surface area contributed by atoms with E-state index in [1.54, 1.807) is 19.1 Å². The van der Waals surface area contributed by atoms with Gasteiger partial charge < -0.3 is 9.73 Å². The van der Waals surface area contributed by atoms with Crippen molar-refractivity contribution in [1.82, 2.24) is 0 Å². The van der Waals surface area contributed by atoms with Crippen LogP contribution in [0.5, 0.6) is 0 Å². The van der Waals surface area contributed by atoms with Gasteiger partial charge in [0.2, 0.25) is 0 Å².